The fraction of sp³-hybridized carbons (Fsp3) is 0.638. The smallest absolute Gasteiger partial charge is 0.152 e. The molecular weight excluding hydrogens is 643 g/mol. The van der Waals surface area contributed by atoms with Gasteiger partial charge in [-0.1, -0.05) is 103 Å². The first-order chi connectivity index (χ1) is 23.0. The van der Waals surface area contributed by atoms with Crippen LogP contribution in [0.4, 0.5) is 0 Å². The second kappa shape index (κ2) is 26.0. The minimum atomic E-state index is -0.0959. The lowest BCUT2D eigenvalue weighted by molar-refractivity contribution is -0.112. The Kier molecular flexibility index (Phi) is 27.9. The molecule has 5 nitrogen and oxygen atoms in total. The van der Waals surface area contributed by atoms with Crippen molar-refractivity contribution >= 4 is 5.78 Å². The first-order valence-electron chi connectivity index (χ1n) is 18.7. The van der Waals surface area contributed by atoms with Gasteiger partial charge in [0.2, 0.25) is 0 Å². The predicted molar refractivity (Wildman–Crippen MR) is 232 cm³/mol. The molecule has 0 saturated heterocycles. The van der Waals surface area contributed by atoms with E-state index in [2.05, 4.69) is 125 Å². The first kappa shape index (κ1) is 55.9. The maximum absolute atomic E-state index is 10.4. The second-order valence-corrected chi connectivity index (χ2v) is 19.2. The number of carbonyl (C=O) groups is 1. The Balaban J connectivity index is -0.000000269. The van der Waals surface area contributed by atoms with Crippen molar-refractivity contribution in [3.63, 3.8) is 0 Å². The fourth-order valence-corrected chi connectivity index (χ4v) is 3.49. The van der Waals surface area contributed by atoms with Crippen LogP contribution in [0.3, 0.4) is 0 Å². The third-order valence-corrected chi connectivity index (χ3v) is 5.42. The lowest BCUT2D eigenvalue weighted by atomic mass is 9.87. The summed E-state index contributed by atoms with van der Waals surface area (Å²) in [7, 11) is 1.71. The molecule has 52 heavy (non-hydrogen) atoms. The van der Waals surface area contributed by atoms with E-state index >= 15 is 0 Å². The van der Waals surface area contributed by atoms with Crippen LogP contribution in [0, 0.1) is 5.41 Å². The first-order valence-corrected chi connectivity index (χ1v) is 18.7. The van der Waals surface area contributed by atoms with Gasteiger partial charge < -0.3 is 19.5 Å². The molecule has 0 fully saturated rings. The zero-order valence-corrected chi connectivity index (χ0v) is 38.3. The Labute approximate surface area is 324 Å². The molecule has 0 amide bonds. The summed E-state index contributed by atoms with van der Waals surface area (Å²) < 4.78 is 16.0. The second-order valence-electron chi connectivity index (χ2n) is 19.2. The Hall–Kier alpha value is -2.89. The Morgan fingerprint density at radius 1 is 0.654 bits per heavy atom. The van der Waals surface area contributed by atoms with Crippen LogP contribution in [0.1, 0.15) is 158 Å². The molecule has 2 aromatic rings. The van der Waals surface area contributed by atoms with E-state index in [1.54, 1.807) is 20.1 Å². The van der Waals surface area contributed by atoms with Gasteiger partial charge in [0.15, 0.2) is 5.78 Å². The summed E-state index contributed by atoms with van der Waals surface area (Å²) in [6.07, 6.45) is 3.87. The molecule has 0 heterocycles. The number of rotatable bonds is 4. The van der Waals surface area contributed by atoms with E-state index in [1.165, 1.54) is 5.56 Å². The van der Waals surface area contributed by atoms with Crippen molar-refractivity contribution in [2.75, 3.05) is 7.11 Å². The average Bonchev–Trinajstić information content (AvgIpc) is 2.90. The number of methoxy groups -OCH3 is 1. The molecule has 5 heteroatoms. The maximum atomic E-state index is 10.4. The lowest BCUT2D eigenvalue weighted by Crippen LogP contribution is -2.33. The maximum Gasteiger partial charge on any atom is 0.152 e. The minimum Gasteiger partial charge on any atom is -0.488 e. The van der Waals surface area contributed by atoms with Crippen LogP contribution in [0.15, 0.2) is 85.1 Å². The van der Waals surface area contributed by atoms with Gasteiger partial charge in [0.05, 0.1) is 17.3 Å². The van der Waals surface area contributed by atoms with Gasteiger partial charge in [0.25, 0.3) is 0 Å². The summed E-state index contributed by atoms with van der Waals surface area (Å²) >= 11 is 0. The van der Waals surface area contributed by atoms with Gasteiger partial charge in [0.1, 0.15) is 11.4 Å². The summed E-state index contributed by atoms with van der Waals surface area (Å²) in [5.74, 6) is 1.05. The van der Waals surface area contributed by atoms with E-state index < -0.39 is 0 Å². The third-order valence-electron chi connectivity index (χ3n) is 5.42. The summed E-state index contributed by atoms with van der Waals surface area (Å²) in [5.41, 5.74) is 2.99. The standard InChI is InChI=1S/C10H14O.C10H14.C8H14O.C7H15N.C7H16O.C5H12O/c1-10(2,3)11-9-7-5-4-6-8-9;1-10(2,3)9-7-5-4-6-8-9;1-7(9)5-6-8(2,3)4;2*1-6(2)8-7(3,4)5;1-5(2,3)6-4/h4-8H,1-3H3;4-8H,1-3H3;5-6H,1-4H3;8H,1H2,2-5H3;6H,1-5H3;1-4H3/b;;6-5+;;;. The fourth-order valence-electron chi connectivity index (χ4n) is 3.49. The van der Waals surface area contributed by atoms with Crippen LogP contribution in [0.2, 0.25) is 0 Å². The molecule has 0 aliphatic rings. The van der Waals surface area contributed by atoms with E-state index in [1.807, 2.05) is 98.7 Å². The van der Waals surface area contributed by atoms with Crippen molar-refractivity contribution < 1.29 is 19.0 Å². The third kappa shape index (κ3) is 53.9. The lowest BCUT2D eigenvalue weighted by Gasteiger charge is -2.22. The topological polar surface area (TPSA) is 56.8 Å². The number of nitrogens with one attached hydrogen (secondary N) is 1. The highest BCUT2D eigenvalue weighted by Crippen LogP contribution is 2.21. The number of hydrogen-bond acceptors (Lipinski definition) is 5. The van der Waals surface area contributed by atoms with E-state index in [4.69, 9.17) is 14.2 Å². The zero-order valence-electron chi connectivity index (χ0n) is 38.3. The highest BCUT2D eigenvalue weighted by Gasteiger charge is 2.12. The van der Waals surface area contributed by atoms with Gasteiger partial charge in [-0.05, 0) is 145 Å². The quantitative estimate of drug-likeness (QED) is 0.318. The van der Waals surface area contributed by atoms with Crippen LogP contribution in [0.5, 0.6) is 5.75 Å². The summed E-state index contributed by atoms with van der Waals surface area (Å²) in [5, 5.41) is 3.19. The molecule has 0 aliphatic heterocycles. The van der Waals surface area contributed by atoms with Crippen molar-refractivity contribution in [3.8, 4) is 5.75 Å². The average molecular weight is 728 g/mol. The van der Waals surface area contributed by atoms with Gasteiger partial charge in [-0.25, -0.2) is 0 Å². The van der Waals surface area contributed by atoms with Crippen molar-refractivity contribution in [2.24, 2.45) is 5.41 Å². The monoisotopic (exact) mass is 728 g/mol. The molecule has 0 unspecified atom stereocenters. The molecule has 0 saturated carbocycles. The SMILES string of the molecule is C=C(C)NC(C)(C)C.CC(=O)/C=C/C(C)(C)C.CC(C)(C)Oc1ccccc1.CC(C)(C)c1ccccc1.CC(C)OC(C)(C)C.COC(C)(C)C. The zero-order chi connectivity index (χ0) is 42.2. The molecule has 0 radical (unpaired) electrons. The molecule has 0 atom stereocenters. The van der Waals surface area contributed by atoms with Crippen LogP contribution >= 0.6 is 0 Å². The van der Waals surface area contributed by atoms with E-state index in [-0.39, 0.29) is 33.5 Å². The van der Waals surface area contributed by atoms with E-state index in [0.717, 1.165) is 11.4 Å². The van der Waals surface area contributed by atoms with Crippen molar-refractivity contribution in [2.45, 2.75) is 186 Å². The number of carbonyl (C=O) groups excluding carboxylic acids is 1. The number of benzene rings is 2. The summed E-state index contributed by atoms with van der Waals surface area (Å²) in [6, 6.07) is 20.4. The van der Waals surface area contributed by atoms with Crippen LogP contribution in [-0.4, -0.2) is 41.3 Å². The number of ether oxygens (including phenoxy) is 3. The number of hydrogen-bond donors (Lipinski definition) is 1. The molecule has 0 bridgehead atoms. The highest BCUT2D eigenvalue weighted by atomic mass is 16.5. The molecule has 0 aliphatic carbocycles. The van der Waals surface area contributed by atoms with Crippen LogP contribution < -0.4 is 10.1 Å². The Morgan fingerprint density at radius 2 is 1.04 bits per heavy atom. The molecule has 2 rings (SSSR count). The molecule has 0 aromatic heterocycles. The van der Waals surface area contributed by atoms with E-state index in [0.29, 0.717) is 11.5 Å². The molecule has 302 valence electrons. The molecular formula is C47H85NO4. The number of allylic oxidation sites excluding steroid dienone is 3. The van der Waals surface area contributed by atoms with Crippen molar-refractivity contribution in [1.82, 2.24) is 5.32 Å². The van der Waals surface area contributed by atoms with Gasteiger partial charge >= 0.3 is 0 Å². The number of ketones is 1. The van der Waals surface area contributed by atoms with Gasteiger partial charge in [-0.2, -0.15) is 0 Å². The molecule has 0 spiro atoms. The number of para-hydroxylation sites is 1. The highest BCUT2D eigenvalue weighted by molar-refractivity contribution is 5.87. The molecule has 2 aromatic carbocycles. The minimum absolute atomic E-state index is 0.0220. The van der Waals surface area contributed by atoms with Gasteiger partial charge in [-0.3, -0.25) is 4.79 Å². The molecule has 1 N–H and O–H groups in total. The summed E-state index contributed by atoms with van der Waals surface area (Å²) in [6.45, 7) is 48.9. The Morgan fingerprint density at radius 3 is 1.19 bits per heavy atom. The Bertz CT molecular complexity index is 1190. The summed E-state index contributed by atoms with van der Waals surface area (Å²) in [4.78, 5) is 10.4. The van der Waals surface area contributed by atoms with Crippen LogP contribution in [0.25, 0.3) is 0 Å². The van der Waals surface area contributed by atoms with Gasteiger partial charge in [-0.15, -0.1) is 0 Å². The normalized spacial score (nSPS) is 11.8. The van der Waals surface area contributed by atoms with Crippen LogP contribution in [-0.2, 0) is 19.7 Å². The van der Waals surface area contributed by atoms with Crippen molar-refractivity contribution in [3.05, 3.63) is 90.7 Å². The van der Waals surface area contributed by atoms with Crippen molar-refractivity contribution in [1.29, 1.82) is 0 Å². The van der Waals surface area contributed by atoms with Gasteiger partial charge in [0, 0.05) is 18.3 Å². The predicted octanol–water partition coefficient (Wildman–Crippen LogP) is 13.6. The largest absolute Gasteiger partial charge is 0.488 e. The van der Waals surface area contributed by atoms with E-state index in [9.17, 15) is 4.79 Å².